The van der Waals surface area contributed by atoms with Crippen molar-refractivity contribution in [2.45, 2.75) is 20.8 Å². The molecule has 0 unspecified atom stereocenters. The minimum absolute atomic E-state index is 0.253. The van der Waals surface area contributed by atoms with Gasteiger partial charge in [0.15, 0.2) is 6.61 Å². The van der Waals surface area contributed by atoms with Crippen LogP contribution >= 0.6 is 0 Å². The lowest BCUT2D eigenvalue weighted by molar-refractivity contribution is -0.128. The minimum Gasteiger partial charge on any atom is -0.484 e. The fourth-order valence-electron chi connectivity index (χ4n) is 2.01. The Bertz CT molecular complexity index is 798. The molecule has 0 bridgehead atoms. The summed E-state index contributed by atoms with van der Waals surface area (Å²) in [6.45, 7) is 5.52. The number of ketones is 1. The highest BCUT2D eigenvalue weighted by Gasteiger charge is 2.16. The maximum absolute atomic E-state index is 11.9. The van der Waals surface area contributed by atoms with E-state index in [0.29, 0.717) is 5.75 Å². The van der Waals surface area contributed by atoms with E-state index in [4.69, 9.17) is 4.74 Å². The number of benzene rings is 2. The van der Waals surface area contributed by atoms with Gasteiger partial charge in [-0.2, -0.15) is 0 Å². The molecule has 0 aliphatic rings. The first-order chi connectivity index (χ1) is 11.9. The van der Waals surface area contributed by atoms with Gasteiger partial charge >= 0.3 is 5.91 Å². The first-order valence-electron chi connectivity index (χ1n) is 7.77. The van der Waals surface area contributed by atoms with Crippen molar-refractivity contribution in [3.63, 3.8) is 0 Å². The molecule has 2 amide bonds. The first-order valence-corrected chi connectivity index (χ1v) is 7.77. The number of carbonyl (C=O) groups is 3. The van der Waals surface area contributed by atoms with Crippen LogP contribution in [0, 0.1) is 20.8 Å². The lowest BCUT2D eigenvalue weighted by Gasteiger charge is -2.09. The Balaban J connectivity index is 1.80. The second-order valence-electron chi connectivity index (χ2n) is 5.73. The number of ether oxygens (including phenoxy) is 1. The number of hydrazine groups is 1. The van der Waals surface area contributed by atoms with Crippen molar-refractivity contribution < 1.29 is 19.1 Å². The summed E-state index contributed by atoms with van der Waals surface area (Å²) >= 11 is 0. The molecule has 2 rings (SSSR count). The molecule has 2 aromatic carbocycles. The van der Waals surface area contributed by atoms with Crippen LogP contribution in [0.25, 0.3) is 0 Å². The molecule has 0 aliphatic carbocycles. The van der Waals surface area contributed by atoms with E-state index in [2.05, 4.69) is 10.9 Å². The van der Waals surface area contributed by atoms with Crippen molar-refractivity contribution >= 4 is 17.6 Å². The SMILES string of the molecule is Cc1ccc(C(=O)C(=O)NNC(=O)COc2ccc(C)c(C)c2)cc1. The molecule has 0 saturated carbocycles. The second-order valence-corrected chi connectivity index (χ2v) is 5.73. The van der Waals surface area contributed by atoms with Crippen molar-refractivity contribution in [3.05, 3.63) is 64.7 Å². The van der Waals surface area contributed by atoms with E-state index in [1.165, 1.54) is 0 Å². The summed E-state index contributed by atoms with van der Waals surface area (Å²) in [5.74, 6) is -1.65. The average Bonchev–Trinajstić information content (AvgIpc) is 2.60. The standard InChI is InChI=1S/C19H20N2O4/c1-12-4-7-15(8-5-12)18(23)19(24)21-20-17(22)11-25-16-9-6-13(2)14(3)10-16/h4-10H,11H2,1-3H3,(H,20,22)(H,21,24). The van der Waals surface area contributed by atoms with E-state index >= 15 is 0 Å². The molecule has 2 aromatic rings. The smallest absolute Gasteiger partial charge is 0.310 e. The van der Waals surface area contributed by atoms with E-state index in [1.54, 1.807) is 30.3 Å². The molecule has 0 spiro atoms. The molecule has 0 heterocycles. The van der Waals surface area contributed by atoms with Crippen LogP contribution in [0.5, 0.6) is 5.75 Å². The highest BCUT2D eigenvalue weighted by molar-refractivity contribution is 6.42. The van der Waals surface area contributed by atoms with Gasteiger partial charge in [-0.3, -0.25) is 25.2 Å². The van der Waals surface area contributed by atoms with Crippen LogP contribution in [0.4, 0.5) is 0 Å². The zero-order valence-electron chi connectivity index (χ0n) is 14.4. The first kappa shape index (κ1) is 18.2. The third-order valence-electron chi connectivity index (χ3n) is 3.68. The van der Waals surface area contributed by atoms with Crippen LogP contribution in [-0.4, -0.2) is 24.2 Å². The summed E-state index contributed by atoms with van der Waals surface area (Å²) in [6.07, 6.45) is 0. The number of amides is 2. The van der Waals surface area contributed by atoms with Gasteiger partial charge in [0, 0.05) is 5.56 Å². The Morgan fingerprint density at radius 1 is 0.880 bits per heavy atom. The lowest BCUT2D eigenvalue weighted by Crippen LogP contribution is -2.46. The Morgan fingerprint density at radius 3 is 2.20 bits per heavy atom. The Morgan fingerprint density at radius 2 is 1.56 bits per heavy atom. The fraction of sp³-hybridized carbons (Fsp3) is 0.211. The molecule has 0 radical (unpaired) electrons. The third kappa shape index (κ3) is 5.17. The molecule has 0 atom stereocenters. The Hall–Kier alpha value is -3.15. The molecule has 2 N–H and O–H groups in total. The number of hydrogen-bond acceptors (Lipinski definition) is 4. The van der Waals surface area contributed by atoms with Gasteiger partial charge < -0.3 is 4.74 Å². The number of nitrogens with one attached hydrogen (secondary N) is 2. The van der Waals surface area contributed by atoms with Crippen LogP contribution in [-0.2, 0) is 9.59 Å². The van der Waals surface area contributed by atoms with Crippen molar-refractivity contribution in [2.24, 2.45) is 0 Å². The molecular formula is C19H20N2O4. The zero-order valence-corrected chi connectivity index (χ0v) is 14.4. The molecule has 6 heteroatoms. The second kappa shape index (κ2) is 8.10. The van der Waals surface area contributed by atoms with Gasteiger partial charge in [-0.05, 0) is 44.0 Å². The molecule has 0 aromatic heterocycles. The van der Waals surface area contributed by atoms with Gasteiger partial charge in [0.1, 0.15) is 5.75 Å². The lowest BCUT2D eigenvalue weighted by atomic mass is 10.1. The van der Waals surface area contributed by atoms with Crippen LogP contribution in [0.1, 0.15) is 27.0 Å². The summed E-state index contributed by atoms with van der Waals surface area (Å²) < 4.78 is 5.35. The highest BCUT2D eigenvalue weighted by Crippen LogP contribution is 2.16. The topological polar surface area (TPSA) is 84.5 Å². The number of hydrogen-bond donors (Lipinski definition) is 2. The van der Waals surface area contributed by atoms with E-state index in [1.807, 2.05) is 32.9 Å². The quantitative estimate of drug-likeness (QED) is 0.495. The summed E-state index contributed by atoms with van der Waals surface area (Å²) in [7, 11) is 0. The fourth-order valence-corrected chi connectivity index (χ4v) is 2.01. The van der Waals surface area contributed by atoms with Crippen LogP contribution in [0.2, 0.25) is 0 Å². The Kier molecular flexibility index (Phi) is 5.89. The third-order valence-corrected chi connectivity index (χ3v) is 3.68. The molecular weight excluding hydrogens is 320 g/mol. The zero-order chi connectivity index (χ0) is 18.4. The minimum atomic E-state index is -0.914. The molecule has 6 nitrogen and oxygen atoms in total. The summed E-state index contributed by atoms with van der Waals surface area (Å²) in [4.78, 5) is 35.4. The average molecular weight is 340 g/mol. The summed E-state index contributed by atoms with van der Waals surface area (Å²) in [6, 6.07) is 12.1. The highest BCUT2D eigenvalue weighted by atomic mass is 16.5. The van der Waals surface area contributed by atoms with Gasteiger partial charge in [-0.1, -0.05) is 35.9 Å². The summed E-state index contributed by atoms with van der Waals surface area (Å²) in [5.41, 5.74) is 7.65. The van der Waals surface area contributed by atoms with Gasteiger partial charge in [0.25, 0.3) is 11.7 Å². The van der Waals surface area contributed by atoms with Crippen molar-refractivity contribution in [1.82, 2.24) is 10.9 Å². The van der Waals surface area contributed by atoms with Crippen LogP contribution in [0.3, 0.4) is 0 Å². The number of aryl methyl sites for hydroxylation is 3. The largest absolute Gasteiger partial charge is 0.484 e. The van der Waals surface area contributed by atoms with Crippen LogP contribution in [0.15, 0.2) is 42.5 Å². The van der Waals surface area contributed by atoms with E-state index in [9.17, 15) is 14.4 Å². The van der Waals surface area contributed by atoms with E-state index < -0.39 is 17.6 Å². The van der Waals surface area contributed by atoms with Crippen molar-refractivity contribution in [1.29, 1.82) is 0 Å². The predicted octanol–water partition coefficient (Wildman–Crippen LogP) is 2.02. The van der Waals surface area contributed by atoms with Gasteiger partial charge in [0.05, 0.1) is 0 Å². The van der Waals surface area contributed by atoms with Crippen molar-refractivity contribution in [3.8, 4) is 5.75 Å². The molecule has 0 aliphatic heterocycles. The van der Waals surface area contributed by atoms with E-state index in [-0.39, 0.29) is 12.2 Å². The van der Waals surface area contributed by atoms with E-state index in [0.717, 1.165) is 16.7 Å². The molecule has 0 saturated heterocycles. The Labute approximate surface area is 146 Å². The molecule has 0 fully saturated rings. The van der Waals surface area contributed by atoms with Crippen molar-refractivity contribution in [2.75, 3.05) is 6.61 Å². The summed E-state index contributed by atoms with van der Waals surface area (Å²) in [5, 5.41) is 0. The monoisotopic (exact) mass is 340 g/mol. The number of rotatable bonds is 5. The number of Topliss-reactive ketones (excluding diaryl/α,β-unsaturated/α-hetero) is 1. The van der Waals surface area contributed by atoms with Crippen LogP contribution < -0.4 is 15.6 Å². The van der Waals surface area contributed by atoms with Gasteiger partial charge in [-0.25, -0.2) is 0 Å². The number of carbonyl (C=O) groups excluding carboxylic acids is 3. The van der Waals surface area contributed by atoms with Gasteiger partial charge in [-0.15, -0.1) is 0 Å². The maximum atomic E-state index is 11.9. The molecule has 25 heavy (non-hydrogen) atoms. The molecule has 130 valence electrons. The predicted molar refractivity (Wildman–Crippen MR) is 93.2 cm³/mol. The maximum Gasteiger partial charge on any atom is 0.310 e. The normalized spacial score (nSPS) is 10.0. The van der Waals surface area contributed by atoms with Gasteiger partial charge in [0.2, 0.25) is 0 Å².